The summed E-state index contributed by atoms with van der Waals surface area (Å²) in [5.74, 6) is 0.575. The molecule has 1 rings (SSSR count). The number of aryl methyl sites for hydroxylation is 2. The first kappa shape index (κ1) is 9.30. The van der Waals surface area contributed by atoms with E-state index in [4.69, 9.17) is 0 Å². The Hall–Kier alpha value is -0.790. The molecule has 2 heteroatoms. The van der Waals surface area contributed by atoms with Crippen LogP contribution < -0.4 is 0 Å². The van der Waals surface area contributed by atoms with E-state index in [9.17, 15) is 0 Å². The van der Waals surface area contributed by atoms with Gasteiger partial charge in [0.05, 0.1) is 5.69 Å². The lowest BCUT2D eigenvalue weighted by Crippen LogP contribution is -2.01. The van der Waals surface area contributed by atoms with E-state index in [-0.39, 0.29) is 0 Å². The van der Waals surface area contributed by atoms with E-state index < -0.39 is 0 Å². The predicted molar refractivity (Wildman–Crippen MR) is 51.4 cm³/mol. The molecule has 1 aromatic rings. The van der Waals surface area contributed by atoms with Crippen molar-refractivity contribution in [2.45, 2.75) is 40.0 Å². The molecule has 68 valence electrons. The number of rotatable bonds is 2. The highest BCUT2D eigenvalue weighted by molar-refractivity contribution is 5.27. The summed E-state index contributed by atoms with van der Waals surface area (Å²) >= 11 is 0. The molecule has 0 bridgehead atoms. The molecule has 0 N–H and O–H groups in total. The number of aromatic nitrogens is 2. The molecule has 0 fully saturated rings. The summed E-state index contributed by atoms with van der Waals surface area (Å²) in [6.07, 6.45) is 1.09. The standard InChI is InChI=1S/C10H18N2/c1-6-9-8(4)11-12(5)10(9)7(2)3/h7H,6H2,1-5H3. The van der Waals surface area contributed by atoms with Crippen LogP contribution in [0.5, 0.6) is 0 Å². The van der Waals surface area contributed by atoms with Gasteiger partial charge in [-0.25, -0.2) is 0 Å². The van der Waals surface area contributed by atoms with Crippen molar-refractivity contribution in [3.05, 3.63) is 17.0 Å². The first-order chi connectivity index (χ1) is 5.57. The maximum Gasteiger partial charge on any atom is 0.0628 e. The van der Waals surface area contributed by atoms with Gasteiger partial charge in [-0.3, -0.25) is 4.68 Å². The fourth-order valence-electron chi connectivity index (χ4n) is 1.88. The first-order valence-electron chi connectivity index (χ1n) is 4.60. The Kier molecular flexibility index (Phi) is 2.55. The molecule has 0 atom stereocenters. The average Bonchev–Trinajstić information content (AvgIpc) is 2.24. The van der Waals surface area contributed by atoms with Crippen LogP contribution in [0.4, 0.5) is 0 Å². The van der Waals surface area contributed by atoms with Gasteiger partial charge in [0, 0.05) is 12.7 Å². The van der Waals surface area contributed by atoms with Gasteiger partial charge in [-0.05, 0) is 24.8 Å². The quantitative estimate of drug-likeness (QED) is 0.659. The summed E-state index contributed by atoms with van der Waals surface area (Å²) in [6, 6.07) is 0. The first-order valence-corrected chi connectivity index (χ1v) is 4.60. The van der Waals surface area contributed by atoms with Gasteiger partial charge in [0.15, 0.2) is 0 Å². The van der Waals surface area contributed by atoms with Crippen LogP contribution in [0.3, 0.4) is 0 Å². The molecule has 2 nitrogen and oxygen atoms in total. The van der Waals surface area contributed by atoms with Gasteiger partial charge in [0.25, 0.3) is 0 Å². The lowest BCUT2D eigenvalue weighted by molar-refractivity contribution is 0.661. The third kappa shape index (κ3) is 1.38. The molecule has 1 heterocycles. The Balaban J connectivity index is 3.23. The summed E-state index contributed by atoms with van der Waals surface area (Å²) in [5.41, 5.74) is 3.99. The summed E-state index contributed by atoms with van der Waals surface area (Å²) in [5, 5.41) is 4.42. The largest absolute Gasteiger partial charge is 0.272 e. The zero-order valence-corrected chi connectivity index (χ0v) is 8.68. The van der Waals surface area contributed by atoms with Gasteiger partial charge in [-0.1, -0.05) is 20.8 Å². The molecule has 0 aliphatic rings. The van der Waals surface area contributed by atoms with Crippen LogP contribution in [0, 0.1) is 6.92 Å². The Morgan fingerprint density at radius 3 is 2.33 bits per heavy atom. The number of hydrogen-bond acceptors (Lipinski definition) is 1. The van der Waals surface area contributed by atoms with Crippen molar-refractivity contribution in [3.8, 4) is 0 Å². The van der Waals surface area contributed by atoms with E-state index in [0.29, 0.717) is 5.92 Å². The zero-order chi connectivity index (χ0) is 9.30. The highest BCUT2D eigenvalue weighted by Gasteiger charge is 2.13. The molecule has 1 aromatic heterocycles. The Morgan fingerprint density at radius 2 is 2.00 bits per heavy atom. The molecule has 0 amide bonds. The lowest BCUT2D eigenvalue weighted by atomic mass is 10.0. The monoisotopic (exact) mass is 166 g/mol. The summed E-state index contributed by atoms with van der Waals surface area (Å²) in [6.45, 7) is 8.71. The van der Waals surface area contributed by atoms with Crippen molar-refractivity contribution in [2.24, 2.45) is 7.05 Å². The Morgan fingerprint density at radius 1 is 1.42 bits per heavy atom. The fraction of sp³-hybridized carbons (Fsp3) is 0.700. The van der Waals surface area contributed by atoms with Crippen LogP contribution in [0.2, 0.25) is 0 Å². The third-order valence-corrected chi connectivity index (χ3v) is 2.29. The second kappa shape index (κ2) is 3.30. The molecule has 0 aliphatic heterocycles. The van der Waals surface area contributed by atoms with Crippen LogP contribution in [-0.2, 0) is 13.5 Å². The van der Waals surface area contributed by atoms with E-state index in [1.54, 1.807) is 0 Å². The SMILES string of the molecule is CCc1c(C)nn(C)c1C(C)C. The molecule has 0 saturated heterocycles. The van der Waals surface area contributed by atoms with Gasteiger partial charge >= 0.3 is 0 Å². The minimum atomic E-state index is 0.575. The van der Waals surface area contributed by atoms with Crippen molar-refractivity contribution >= 4 is 0 Å². The van der Waals surface area contributed by atoms with Gasteiger partial charge in [0.2, 0.25) is 0 Å². The smallest absolute Gasteiger partial charge is 0.0628 e. The lowest BCUT2D eigenvalue weighted by Gasteiger charge is -2.07. The summed E-state index contributed by atoms with van der Waals surface area (Å²) in [4.78, 5) is 0. The highest BCUT2D eigenvalue weighted by Crippen LogP contribution is 2.21. The Bertz CT molecular complexity index is 272. The van der Waals surface area contributed by atoms with Gasteiger partial charge < -0.3 is 0 Å². The van der Waals surface area contributed by atoms with Crippen LogP contribution in [-0.4, -0.2) is 9.78 Å². The second-order valence-electron chi connectivity index (χ2n) is 3.58. The van der Waals surface area contributed by atoms with Crippen molar-refractivity contribution in [3.63, 3.8) is 0 Å². The molecule has 0 unspecified atom stereocenters. The normalized spacial score (nSPS) is 11.2. The van der Waals surface area contributed by atoms with E-state index in [1.807, 2.05) is 11.7 Å². The maximum atomic E-state index is 4.42. The third-order valence-electron chi connectivity index (χ3n) is 2.29. The molecule has 0 saturated carbocycles. The molecule has 0 radical (unpaired) electrons. The zero-order valence-electron chi connectivity index (χ0n) is 8.68. The molecular weight excluding hydrogens is 148 g/mol. The molecule has 0 aliphatic carbocycles. The molecule has 0 spiro atoms. The van der Waals surface area contributed by atoms with E-state index >= 15 is 0 Å². The minimum absolute atomic E-state index is 0.575. The van der Waals surface area contributed by atoms with Crippen LogP contribution in [0.25, 0.3) is 0 Å². The Labute approximate surface area is 74.6 Å². The van der Waals surface area contributed by atoms with Gasteiger partial charge in [-0.15, -0.1) is 0 Å². The van der Waals surface area contributed by atoms with Crippen LogP contribution >= 0.6 is 0 Å². The summed E-state index contributed by atoms with van der Waals surface area (Å²) < 4.78 is 2.01. The maximum absolute atomic E-state index is 4.42. The number of nitrogens with zero attached hydrogens (tertiary/aromatic N) is 2. The number of hydrogen-bond donors (Lipinski definition) is 0. The van der Waals surface area contributed by atoms with E-state index in [2.05, 4.69) is 32.8 Å². The van der Waals surface area contributed by atoms with Crippen LogP contribution in [0.15, 0.2) is 0 Å². The average molecular weight is 166 g/mol. The summed E-state index contributed by atoms with van der Waals surface area (Å²) in [7, 11) is 2.03. The van der Waals surface area contributed by atoms with Gasteiger partial charge in [0.1, 0.15) is 0 Å². The van der Waals surface area contributed by atoms with Crippen molar-refractivity contribution in [1.29, 1.82) is 0 Å². The van der Waals surface area contributed by atoms with Crippen molar-refractivity contribution < 1.29 is 0 Å². The van der Waals surface area contributed by atoms with Crippen molar-refractivity contribution in [2.75, 3.05) is 0 Å². The second-order valence-corrected chi connectivity index (χ2v) is 3.58. The van der Waals surface area contributed by atoms with E-state index in [1.165, 1.54) is 17.0 Å². The fourth-order valence-corrected chi connectivity index (χ4v) is 1.88. The van der Waals surface area contributed by atoms with Gasteiger partial charge in [-0.2, -0.15) is 5.10 Å². The topological polar surface area (TPSA) is 17.8 Å². The van der Waals surface area contributed by atoms with E-state index in [0.717, 1.165) is 6.42 Å². The highest BCUT2D eigenvalue weighted by atomic mass is 15.3. The molecule has 12 heavy (non-hydrogen) atoms. The minimum Gasteiger partial charge on any atom is -0.272 e. The predicted octanol–water partition coefficient (Wildman–Crippen LogP) is 2.41. The van der Waals surface area contributed by atoms with Crippen LogP contribution in [0.1, 0.15) is 43.6 Å². The van der Waals surface area contributed by atoms with Crippen molar-refractivity contribution in [1.82, 2.24) is 9.78 Å². The molecular formula is C10H18N2. The molecule has 0 aromatic carbocycles.